The fourth-order valence-corrected chi connectivity index (χ4v) is 2.17. The van der Waals surface area contributed by atoms with E-state index in [4.69, 9.17) is 4.42 Å². The number of nitrogens with zero attached hydrogens (tertiary/aromatic N) is 3. The van der Waals surface area contributed by atoms with E-state index < -0.39 is 23.9 Å². The van der Waals surface area contributed by atoms with Crippen molar-refractivity contribution in [3.63, 3.8) is 0 Å². The quantitative estimate of drug-likeness (QED) is 0.446. The van der Waals surface area contributed by atoms with Crippen LogP contribution in [0.2, 0.25) is 0 Å². The van der Waals surface area contributed by atoms with Gasteiger partial charge in [-0.3, -0.25) is 4.79 Å². The first-order chi connectivity index (χ1) is 13.6. The van der Waals surface area contributed by atoms with Crippen LogP contribution in [-0.4, -0.2) is 35.1 Å². The molecule has 3 aromatic rings. The largest absolute Gasteiger partial charge is 0.499 e. The van der Waals surface area contributed by atoms with Crippen molar-refractivity contribution >= 4 is 12.6 Å². The van der Waals surface area contributed by atoms with E-state index >= 15 is 0 Å². The van der Waals surface area contributed by atoms with Crippen molar-refractivity contribution in [1.82, 2.24) is 10.2 Å². The van der Waals surface area contributed by atoms with E-state index in [9.17, 15) is 26.7 Å². The molecule has 0 aliphatic heterocycles. The molecule has 0 saturated carbocycles. The molecule has 1 amide bonds. The van der Waals surface area contributed by atoms with Crippen LogP contribution in [-0.2, 0) is 0 Å². The monoisotopic (exact) mass is 411 g/mol. The van der Waals surface area contributed by atoms with Crippen LogP contribution in [0, 0.1) is 0 Å². The Morgan fingerprint density at radius 1 is 0.897 bits per heavy atom. The van der Waals surface area contributed by atoms with Crippen molar-refractivity contribution in [2.24, 2.45) is 4.99 Å². The minimum Gasteiger partial charge on any atom is -0.426 e. The Bertz CT molecular complexity index is 1030. The van der Waals surface area contributed by atoms with E-state index in [0.29, 0.717) is 11.1 Å². The van der Waals surface area contributed by atoms with Crippen LogP contribution in [0.3, 0.4) is 0 Å². The first-order valence-corrected chi connectivity index (χ1v) is 7.80. The molecule has 0 aliphatic rings. The Kier molecular flexibility index (Phi) is 5.14. The van der Waals surface area contributed by atoms with Gasteiger partial charge in [0.05, 0.1) is 0 Å². The summed E-state index contributed by atoms with van der Waals surface area (Å²) in [5, 5.41) is 7.63. The average Bonchev–Trinajstić information content (AvgIpc) is 3.17. The molecule has 150 valence electrons. The molecular formula is C18H10F5N3O3. The lowest BCUT2D eigenvalue weighted by molar-refractivity contribution is -0.360. The number of halogens is 5. The third kappa shape index (κ3) is 4.28. The highest BCUT2D eigenvalue weighted by Gasteiger charge is 2.61. The zero-order valence-electron chi connectivity index (χ0n) is 14.3. The molecule has 0 unspecified atom stereocenters. The summed E-state index contributed by atoms with van der Waals surface area (Å²) in [4.78, 5) is 14.7. The van der Waals surface area contributed by atoms with Gasteiger partial charge in [0.25, 0.3) is 5.91 Å². The molecule has 0 radical (unpaired) electrons. The maximum atomic E-state index is 12.9. The number of benzene rings is 2. The minimum atomic E-state index is -5.84. The molecule has 0 bridgehead atoms. The third-order valence-corrected chi connectivity index (χ3v) is 3.62. The molecule has 1 heterocycles. The molecule has 11 heteroatoms. The van der Waals surface area contributed by atoms with Crippen LogP contribution in [0.1, 0.15) is 10.4 Å². The summed E-state index contributed by atoms with van der Waals surface area (Å²) in [7, 11) is 0. The Hall–Kier alpha value is -3.63. The van der Waals surface area contributed by atoms with Gasteiger partial charge in [0.15, 0.2) is 0 Å². The predicted octanol–water partition coefficient (Wildman–Crippen LogP) is 4.78. The van der Waals surface area contributed by atoms with E-state index in [-0.39, 0.29) is 17.3 Å². The molecule has 1 aromatic heterocycles. The molecule has 0 atom stereocenters. The smallest absolute Gasteiger partial charge is 0.426 e. The summed E-state index contributed by atoms with van der Waals surface area (Å²) in [6.07, 6.45) is -11.2. The standard InChI is InChI=1S/C18H10F5N3O3/c1-24-14(27)10-2-4-11(5-3-10)15-25-26-16(28-15)12-6-8-13(9-7-12)29-18(22,23)17(19,20)21/h2-9H,1H2. The molecule has 0 fully saturated rings. The number of rotatable bonds is 5. The van der Waals surface area contributed by atoms with Crippen molar-refractivity contribution in [3.8, 4) is 28.7 Å². The lowest BCUT2D eigenvalue weighted by atomic mass is 10.1. The van der Waals surface area contributed by atoms with Gasteiger partial charge in [0, 0.05) is 16.7 Å². The SMILES string of the molecule is C=NC(=O)c1ccc(-c2nnc(-c3ccc(OC(F)(F)C(F)(F)F)cc3)o2)cc1. The second kappa shape index (κ2) is 7.41. The molecule has 0 spiro atoms. The highest BCUT2D eigenvalue weighted by atomic mass is 19.4. The van der Waals surface area contributed by atoms with Crippen LogP contribution in [0.5, 0.6) is 5.75 Å². The molecule has 0 saturated heterocycles. The van der Waals surface area contributed by atoms with E-state index in [1.165, 1.54) is 24.3 Å². The van der Waals surface area contributed by atoms with Crippen LogP contribution in [0.4, 0.5) is 22.0 Å². The maximum absolute atomic E-state index is 12.9. The van der Waals surface area contributed by atoms with E-state index in [1.807, 2.05) is 0 Å². The van der Waals surface area contributed by atoms with Gasteiger partial charge in [-0.25, -0.2) is 4.99 Å². The number of amides is 1. The molecule has 29 heavy (non-hydrogen) atoms. The number of hydrogen-bond acceptors (Lipinski definition) is 5. The second-order valence-corrected chi connectivity index (χ2v) is 5.59. The summed E-state index contributed by atoms with van der Waals surface area (Å²) in [5.41, 5.74) is 1.08. The molecule has 3 rings (SSSR count). The van der Waals surface area contributed by atoms with Gasteiger partial charge >= 0.3 is 12.3 Å². The van der Waals surface area contributed by atoms with Crippen molar-refractivity contribution in [2.45, 2.75) is 12.3 Å². The summed E-state index contributed by atoms with van der Waals surface area (Å²) in [5.74, 6) is -1.08. The van der Waals surface area contributed by atoms with Crippen LogP contribution >= 0.6 is 0 Å². The molecule has 6 nitrogen and oxygen atoms in total. The molecule has 0 aliphatic carbocycles. The Labute approximate surface area is 159 Å². The zero-order chi connectivity index (χ0) is 21.2. The summed E-state index contributed by atoms with van der Waals surface area (Å²) in [6, 6.07) is 10.3. The van der Waals surface area contributed by atoms with Crippen molar-refractivity contribution in [1.29, 1.82) is 0 Å². The summed E-state index contributed by atoms with van der Waals surface area (Å²) in [6.45, 7) is 3.15. The normalized spacial score (nSPS) is 11.9. The van der Waals surface area contributed by atoms with Crippen LogP contribution < -0.4 is 4.74 Å². The van der Waals surface area contributed by atoms with Gasteiger partial charge < -0.3 is 9.15 Å². The van der Waals surface area contributed by atoms with Crippen LogP contribution in [0.25, 0.3) is 22.9 Å². The molecule has 2 aromatic carbocycles. The lowest BCUT2D eigenvalue weighted by Gasteiger charge is -2.20. The van der Waals surface area contributed by atoms with Crippen LogP contribution in [0.15, 0.2) is 57.9 Å². The molecular weight excluding hydrogens is 401 g/mol. The number of carbonyl (C=O) groups is 1. The van der Waals surface area contributed by atoms with Gasteiger partial charge in [-0.15, -0.1) is 10.2 Å². The predicted molar refractivity (Wildman–Crippen MR) is 90.7 cm³/mol. The van der Waals surface area contributed by atoms with Crippen molar-refractivity contribution < 1.29 is 35.9 Å². The number of carbonyl (C=O) groups excluding carboxylic acids is 1. The number of ether oxygens (including phenoxy) is 1. The van der Waals surface area contributed by atoms with E-state index in [0.717, 1.165) is 12.1 Å². The maximum Gasteiger partial charge on any atom is 0.499 e. The fraction of sp³-hybridized carbons (Fsp3) is 0.111. The number of alkyl halides is 5. The minimum absolute atomic E-state index is 0.00189. The van der Waals surface area contributed by atoms with Crippen molar-refractivity contribution in [3.05, 3.63) is 54.1 Å². The second-order valence-electron chi connectivity index (χ2n) is 5.59. The van der Waals surface area contributed by atoms with Gasteiger partial charge in [0.2, 0.25) is 11.8 Å². The topological polar surface area (TPSA) is 77.6 Å². The van der Waals surface area contributed by atoms with Gasteiger partial charge in [-0.05, 0) is 55.2 Å². The van der Waals surface area contributed by atoms with Gasteiger partial charge in [0.1, 0.15) is 5.75 Å². The lowest BCUT2D eigenvalue weighted by Crippen LogP contribution is -2.41. The Balaban J connectivity index is 1.77. The van der Waals surface area contributed by atoms with Crippen molar-refractivity contribution in [2.75, 3.05) is 0 Å². The number of aliphatic imine (C=N–C) groups is 1. The fourth-order valence-electron chi connectivity index (χ4n) is 2.17. The average molecular weight is 411 g/mol. The van der Waals surface area contributed by atoms with E-state index in [2.05, 4.69) is 26.6 Å². The number of aromatic nitrogens is 2. The third-order valence-electron chi connectivity index (χ3n) is 3.62. The summed E-state index contributed by atoms with van der Waals surface area (Å²) >= 11 is 0. The molecule has 0 N–H and O–H groups in total. The first-order valence-electron chi connectivity index (χ1n) is 7.80. The summed E-state index contributed by atoms with van der Waals surface area (Å²) < 4.78 is 71.5. The highest BCUT2D eigenvalue weighted by molar-refractivity contribution is 5.97. The first kappa shape index (κ1) is 20.1. The Morgan fingerprint density at radius 2 is 1.38 bits per heavy atom. The van der Waals surface area contributed by atoms with Gasteiger partial charge in [-0.1, -0.05) is 0 Å². The number of hydrogen-bond donors (Lipinski definition) is 0. The Morgan fingerprint density at radius 3 is 1.83 bits per heavy atom. The zero-order valence-corrected chi connectivity index (χ0v) is 14.3. The highest BCUT2D eigenvalue weighted by Crippen LogP contribution is 2.37. The van der Waals surface area contributed by atoms with Gasteiger partial charge in [-0.2, -0.15) is 22.0 Å². The van der Waals surface area contributed by atoms with E-state index in [1.54, 1.807) is 12.1 Å².